The molecule has 0 bridgehead atoms. The summed E-state index contributed by atoms with van der Waals surface area (Å²) in [6.07, 6.45) is 6.88. The van der Waals surface area contributed by atoms with Crippen molar-refractivity contribution in [1.82, 2.24) is 9.78 Å². The zero-order valence-corrected chi connectivity index (χ0v) is 23.2. The van der Waals surface area contributed by atoms with Crippen molar-refractivity contribution in [3.05, 3.63) is 92.6 Å². The molecule has 200 valence electrons. The quantitative estimate of drug-likeness (QED) is 0.388. The van der Waals surface area contributed by atoms with Gasteiger partial charge in [-0.25, -0.2) is 4.68 Å². The molecule has 1 aromatic heterocycles. The van der Waals surface area contributed by atoms with Crippen molar-refractivity contribution in [1.29, 1.82) is 0 Å². The molecule has 0 fully saturated rings. The van der Waals surface area contributed by atoms with Crippen LogP contribution in [-0.2, 0) is 31.2 Å². The van der Waals surface area contributed by atoms with Crippen molar-refractivity contribution in [2.24, 2.45) is 7.05 Å². The summed E-state index contributed by atoms with van der Waals surface area (Å²) in [6.45, 7) is 6.67. The average molecular weight is 516 g/mol. The Bertz CT molecular complexity index is 1410. The summed E-state index contributed by atoms with van der Waals surface area (Å²) >= 11 is 0. The first-order valence-electron chi connectivity index (χ1n) is 13.1. The Morgan fingerprint density at radius 3 is 2.16 bits per heavy atom. The molecule has 0 amide bonds. The van der Waals surface area contributed by atoms with E-state index in [1.165, 1.54) is 4.68 Å². The number of hydrogen-bond acceptors (Lipinski definition) is 6. The monoisotopic (exact) mass is 515 g/mol. The zero-order chi connectivity index (χ0) is 27.4. The number of aryl methyl sites for hydroxylation is 4. The van der Waals surface area contributed by atoms with Crippen molar-refractivity contribution in [2.75, 3.05) is 19.1 Å². The summed E-state index contributed by atoms with van der Waals surface area (Å²) in [5, 5.41) is 16.4. The average Bonchev–Trinajstić information content (AvgIpc) is 2.94. The van der Waals surface area contributed by atoms with E-state index in [2.05, 4.69) is 38.0 Å². The topological polar surface area (TPSA) is 76.8 Å². The third-order valence-corrected chi connectivity index (χ3v) is 7.11. The van der Waals surface area contributed by atoms with E-state index < -0.39 is 0 Å². The number of rotatable bonds is 9. The van der Waals surface area contributed by atoms with E-state index >= 15 is 0 Å². The Kier molecular flexibility index (Phi) is 8.25. The Morgan fingerprint density at radius 1 is 0.974 bits per heavy atom. The third-order valence-electron chi connectivity index (χ3n) is 7.11. The summed E-state index contributed by atoms with van der Waals surface area (Å²) in [5.74, 6) is 1.92. The van der Waals surface area contributed by atoms with Crippen LogP contribution in [0.4, 0.5) is 5.82 Å². The van der Waals surface area contributed by atoms with Crippen LogP contribution in [0.25, 0.3) is 11.1 Å². The number of methoxy groups -OCH3 is 2. The van der Waals surface area contributed by atoms with Crippen molar-refractivity contribution in [3.63, 3.8) is 0 Å². The van der Waals surface area contributed by atoms with Gasteiger partial charge in [0.25, 0.3) is 5.56 Å². The number of nitrogens with zero attached hydrogens (tertiary/aromatic N) is 3. The molecular weight excluding hydrogens is 478 g/mol. The molecule has 0 unspecified atom stereocenters. The van der Waals surface area contributed by atoms with Crippen molar-refractivity contribution >= 4 is 5.82 Å². The lowest BCUT2D eigenvalue weighted by molar-refractivity contribution is 0.275. The second kappa shape index (κ2) is 11.6. The molecule has 1 heterocycles. The molecule has 1 aliphatic carbocycles. The number of hydrogen-bond donors (Lipinski definition) is 1. The maximum absolute atomic E-state index is 13.5. The van der Waals surface area contributed by atoms with Gasteiger partial charge in [0, 0.05) is 25.7 Å². The Morgan fingerprint density at radius 2 is 1.63 bits per heavy atom. The molecule has 7 heteroatoms. The van der Waals surface area contributed by atoms with E-state index in [-0.39, 0.29) is 11.3 Å². The fraction of sp³-hybridized carbons (Fsp3) is 0.355. The number of allylic oxidation sites excluding steroid dienone is 4. The molecule has 1 N–H and O–H groups in total. The largest absolute Gasteiger partial charge is 0.504 e. The predicted molar refractivity (Wildman–Crippen MR) is 152 cm³/mol. The van der Waals surface area contributed by atoms with Crippen LogP contribution in [0, 0.1) is 6.92 Å². The number of aromatic nitrogens is 2. The van der Waals surface area contributed by atoms with Crippen LogP contribution in [0.3, 0.4) is 0 Å². The Balaban J connectivity index is 1.94. The molecule has 7 nitrogen and oxygen atoms in total. The molecule has 0 saturated heterocycles. The lowest BCUT2D eigenvalue weighted by atomic mass is 9.90. The van der Waals surface area contributed by atoms with Gasteiger partial charge in [-0.1, -0.05) is 43.7 Å². The fourth-order valence-electron chi connectivity index (χ4n) is 5.07. The van der Waals surface area contributed by atoms with E-state index in [9.17, 15) is 9.90 Å². The molecule has 2 aromatic carbocycles. The van der Waals surface area contributed by atoms with Gasteiger partial charge in [0.15, 0.2) is 11.6 Å². The van der Waals surface area contributed by atoms with Crippen LogP contribution in [0.15, 0.2) is 64.8 Å². The number of ether oxygens (including phenoxy) is 2. The third kappa shape index (κ3) is 5.32. The normalized spacial score (nSPS) is 13.1. The summed E-state index contributed by atoms with van der Waals surface area (Å²) in [7, 11) is 4.95. The van der Waals surface area contributed by atoms with Gasteiger partial charge in [0.05, 0.1) is 25.5 Å². The fourth-order valence-corrected chi connectivity index (χ4v) is 5.07. The lowest BCUT2D eigenvalue weighted by Gasteiger charge is -2.30. The number of anilines is 1. The van der Waals surface area contributed by atoms with Crippen molar-refractivity contribution in [3.8, 4) is 22.6 Å². The van der Waals surface area contributed by atoms with Gasteiger partial charge in [0.2, 0.25) is 0 Å². The minimum Gasteiger partial charge on any atom is -0.504 e. The van der Waals surface area contributed by atoms with Gasteiger partial charge in [-0.3, -0.25) is 4.79 Å². The molecule has 1 aliphatic rings. The van der Waals surface area contributed by atoms with Gasteiger partial charge >= 0.3 is 0 Å². The highest BCUT2D eigenvalue weighted by Gasteiger charge is 2.27. The second-order valence-corrected chi connectivity index (χ2v) is 9.57. The molecule has 3 aromatic rings. The van der Waals surface area contributed by atoms with Gasteiger partial charge in [0.1, 0.15) is 5.75 Å². The summed E-state index contributed by atoms with van der Waals surface area (Å²) < 4.78 is 12.1. The summed E-state index contributed by atoms with van der Waals surface area (Å²) in [5.41, 5.74) is 6.01. The van der Waals surface area contributed by atoms with Crippen molar-refractivity contribution in [2.45, 2.75) is 53.0 Å². The predicted octanol–water partition coefficient (Wildman–Crippen LogP) is 5.81. The molecular formula is C31H37N3O4. The molecule has 0 aliphatic heterocycles. The Hall–Kier alpha value is -4.00. The van der Waals surface area contributed by atoms with Gasteiger partial charge in [-0.15, -0.1) is 5.10 Å². The van der Waals surface area contributed by atoms with Gasteiger partial charge in [-0.2, -0.15) is 0 Å². The molecule has 0 saturated carbocycles. The van der Waals surface area contributed by atoms with Crippen LogP contribution in [-0.4, -0.2) is 29.1 Å². The maximum Gasteiger partial charge on any atom is 0.278 e. The summed E-state index contributed by atoms with van der Waals surface area (Å²) in [6, 6.07) is 12.0. The van der Waals surface area contributed by atoms with E-state index in [1.807, 2.05) is 41.3 Å². The minimum atomic E-state index is -0.317. The van der Waals surface area contributed by atoms with Crippen LogP contribution in [0.5, 0.6) is 11.5 Å². The minimum absolute atomic E-state index is 0.0997. The van der Waals surface area contributed by atoms with Crippen LogP contribution < -0.4 is 15.2 Å². The van der Waals surface area contributed by atoms with E-state index in [1.54, 1.807) is 21.3 Å². The smallest absolute Gasteiger partial charge is 0.278 e. The Labute approximate surface area is 224 Å². The summed E-state index contributed by atoms with van der Waals surface area (Å²) in [4.78, 5) is 15.5. The standard InChI is InChI=1S/C31H37N3O4/c1-7-22-17-20(3)18-23(8-2)27(22)28-29(35)30(32-33(4)31(28)36)34(24-11-15-26(38-6)16-12-24)19-21-9-13-25(37-5)14-10-21/h9-11,13-15,17-18,35H,7-8,12,16,19H2,1-6H3. The molecule has 0 radical (unpaired) electrons. The maximum atomic E-state index is 13.5. The number of benzene rings is 2. The zero-order valence-electron chi connectivity index (χ0n) is 23.2. The van der Waals surface area contributed by atoms with Gasteiger partial charge in [-0.05, 0) is 72.7 Å². The molecule has 0 spiro atoms. The number of aromatic hydroxyl groups is 1. The van der Waals surface area contributed by atoms with Crippen LogP contribution >= 0.6 is 0 Å². The highest BCUT2D eigenvalue weighted by Crippen LogP contribution is 2.40. The van der Waals surface area contributed by atoms with Crippen LogP contribution in [0.2, 0.25) is 0 Å². The highest BCUT2D eigenvalue weighted by molar-refractivity contribution is 5.80. The van der Waals surface area contributed by atoms with E-state index in [0.29, 0.717) is 24.3 Å². The SMILES string of the molecule is CCc1cc(C)cc(CC)c1-c1c(O)c(N(Cc2ccc(OC)cc2)C2=CC=C(OC)CC2)nn(C)c1=O. The van der Waals surface area contributed by atoms with Gasteiger partial charge < -0.3 is 19.5 Å². The highest BCUT2D eigenvalue weighted by atomic mass is 16.5. The van der Waals surface area contributed by atoms with E-state index in [0.717, 1.165) is 64.3 Å². The first-order valence-corrected chi connectivity index (χ1v) is 13.1. The van der Waals surface area contributed by atoms with Crippen molar-refractivity contribution < 1.29 is 14.6 Å². The second-order valence-electron chi connectivity index (χ2n) is 9.57. The first kappa shape index (κ1) is 27.0. The molecule has 4 rings (SSSR count). The van der Waals surface area contributed by atoms with E-state index in [4.69, 9.17) is 9.47 Å². The first-order chi connectivity index (χ1) is 18.3. The van der Waals surface area contributed by atoms with Crippen LogP contribution in [0.1, 0.15) is 48.9 Å². The lowest BCUT2D eigenvalue weighted by Crippen LogP contribution is -2.30. The molecule has 38 heavy (non-hydrogen) atoms. The molecule has 0 atom stereocenters.